The van der Waals surface area contributed by atoms with E-state index >= 15 is 0 Å². The maximum Gasteiger partial charge on any atom is 0.354 e. The molecule has 0 amide bonds. The Kier molecular flexibility index (Phi) is 6.46. The molecular weight excluding hydrogens is 380 g/mol. The molecule has 0 aliphatic heterocycles. The molecule has 1 aromatic heterocycles. The molecule has 0 aliphatic rings. The standard InChI is InChI=1S/C20H26N2O5S/c1-7-22(28(25,26)16-11-9-8-10-12-16)15(4)19(23)17-13(2)18(20(24)27-6)21(5)14(17)3/h8-12,15H,7H2,1-6H3/t15-/m0/s1. The number of sulfonamides is 1. The molecule has 0 radical (unpaired) electrons. The van der Waals surface area contributed by atoms with E-state index in [1.54, 1.807) is 57.5 Å². The van der Waals surface area contributed by atoms with E-state index in [4.69, 9.17) is 4.74 Å². The van der Waals surface area contributed by atoms with Crippen LogP contribution in [0.25, 0.3) is 0 Å². The summed E-state index contributed by atoms with van der Waals surface area (Å²) in [7, 11) is -0.887. The van der Waals surface area contributed by atoms with Crippen molar-refractivity contribution in [1.82, 2.24) is 8.87 Å². The van der Waals surface area contributed by atoms with E-state index in [1.807, 2.05) is 0 Å². The van der Waals surface area contributed by atoms with Gasteiger partial charge in [-0.15, -0.1) is 0 Å². The number of nitrogens with zero attached hydrogens (tertiary/aromatic N) is 2. The molecule has 1 aromatic carbocycles. The fraction of sp³-hybridized carbons (Fsp3) is 0.400. The maximum atomic E-state index is 13.3. The quantitative estimate of drug-likeness (QED) is 0.521. The van der Waals surface area contributed by atoms with Crippen LogP contribution < -0.4 is 0 Å². The van der Waals surface area contributed by atoms with Crippen molar-refractivity contribution in [2.45, 2.75) is 38.6 Å². The number of methoxy groups -OCH3 is 1. The van der Waals surface area contributed by atoms with Gasteiger partial charge in [0.2, 0.25) is 10.0 Å². The fourth-order valence-corrected chi connectivity index (χ4v) is 5.07. The van der Waals surface area contributed by atoms with Gasteiger partial charge in [0.1, 0.15) is 5.69 Å². The normalized spacial score (nSPS) is 12.8. The largest absolute Gasteiger partial charge is 0.464 e. The fourth-order valence-electron chi connectivity index (χ4n) is 3.45. The Bertz CT molecular complexity index is 993. The number of carbonyl (C=O) groups excluding carboxylic acids is 2. The van der Waals surface area contributed by atoms with Crippen LogP contribution in [0.1, 0.15) is 46.0 Å². The highest BCUT2D eigenvalue weighted by Gasteiger charge is 2.35. The summed E-state index contributed by atoms with van der Waals surface area (Å²) in [4.78, 5) is 25.5. The minimum Gasteiger partial charge on any atom is -0.464 e. The molecular formula is C20H26N2O5S. The van der Waals surface area contributed by atoms with Crippen molar-refractivity contribution in [2.75, 3.05) is 13.7 Å². The van der Waals surface area contributed by atoms with Crippen molar-refractivity contribution in [2.24, 2.45) is 7.05 Å². The molecule has 0 spiro atoms. The molecule has 0 bridgehead atoms. The van der Waals surface area contributed by atoms with Crippen LogP contribution in [-0.2, 0) is 21.8 Å². The van der Waals surface area contributed by atoms with Gasteiger partial charge >= 0.3 is 5.97 Å². The lowest BCUT2D eigenvalue weighted by Gasteiger charge is -2.26. The van der Waals surface area contributed by atoms with Gasteiger partial charge in [0.05, 0.1) is 18.0 Å². The number of benzene rings is 1. The minimum absolute atomic E-state index is 0.133. The number of ketones is 1. The zero-order chi connectivity index (χ0) is 21.2. The summed E-state index contributed by atoms with van der Waals surface area (Å²) >= 11 is 0. The first-order valence-corrected chi connectivity index (χ1v) is 10.4. The molecule has 1 atom stereocenters. The molecule has 28 heavy (non-hydrogen) atoms. The number of ether oxygens (including phenoxy) is 1. The molecule has 0 N–H and O–H groups in total. The highest BCUT2D eigenvalue weighted by atomic mass is 32.2. The number of esters is 1. The van der Waals surface area contributed by atoms with Gasteiger partial charge in [-0.05, 0) is 38.5 Å². The first-order valence-electron chi connectivity index (χ1n) is 8.94. The molecule has 2 rings (SSSR count). The number of hydrogen-bond acceptors (Lipinski definition) is 5. The van der Waals surface area contributed by atoms with Crippen LogP contribution in [-0.4, -0.2) is 48.7 Å². The van der Waals surface area contributed by atoms with Crippen LogP contribution in [0.4, 0.5) is 0 Å². The van der Waals surface area contributed by atoms with Gasteiger partial charge in [-0.3, -0.25) is 4.79 Å². The number of aromatic nitrogens is 1. The molecule has 2 aromatic rings. The van der Waals surface area contributed by atoms with Crippen molar-refractivity contribution in [3.05, 3.63) is 52.8 Å². The first-order chi connectivity index (χ1) is 13.1. The summed E-state index contributed by atoms with van der Waals surface area (Å²) in [6, 6.07) is 7.09. The average Bonchev–Trinajstić information content (AvgIpc) is 2.90. The van der Waals surface area contributed by atoms with Crippen molar-refractivity contribution >= 4 is 21.8 Å². The Labute approximate surface area is 166 Å². The second-order valence-electron chi connectivity index (χ2n) is 6.55. The Hall–Kier alpha value is -2.45. The molecule has 0 saturated carbocycles. The molecule has 0 fully saturated rings. The second kappa shape index (κ2) is 8.28. The number of likely N-dealkylation sites (N-methyl/N-ethyl adjacent to an activating group) is 1. The van der Waals surface area contributed by atoms with Crippen molar-refractivity contribution in [1.29, 1.82) is 0 Å². The predicted molar refractivity (Wildman–Crippen MR) is 106 cm³/mol. The summed E-state index contributed by atoms with van der Waals surface area (Å²) < 4.78 is 33.6. The van der Waals surface area contributed by atoms with Crippen LogP contribution in [0.5, 0.6) is 0 Å². The molecule has 7 nitrogen and oxygen atoms in total. The Morgan fingerprint density at radius 1 is 1.18 bits per heavy atom. The van der Waals surface area contributed by atoms with E-state index in [0.717, 1.165) is 0 Å². The first kappa shape index (κ1) is 21.8. The second-order valence-corrected chi connectivity index (χ2v) is 8.44. The lowest BCUT2D eigenvalue weighted by molar-refractivity contribution is 0.0588. The monoisotopic (exact) mass is 406 g/mol. The van der Waals surface area contributed by atoms with E-state index in [9.17, 15) is 18.0 Å². The zero-order valence-electron chi connectivity index (χ0n) is 17.0. The van der Waals surface area contributed by atoms with Crippen LogP contribution in [0.2, 0.25) is 0 Å². The van der Waals surface area contributed by atoms with E-state index in [1.165, 1.54) is 23.5 Å². The van der Waals surface area contributed by atoms with Crippen LogP contribution in [0.3, 0.4) is 0 Å². The summed E-state index contributed by atoms with van der Waals surface area (Å²) in [5.74, 6) is -0.902. The summed E-state index contributed by atoms with van der Waals surface area (Å²) in [5, 5.41) is 0. The summed E-state index contributed by atoms with van der Waals surface area (Å²) in [6.45, 7) is 6.78. The minimum atomic E-state index is -3.84. The summed E-state index contributed by atoms with van der Waals surface area (Å²) in [5.41, 5.74) is 1.70. The molecule has 1 heterocycles. The van der Waals surface area contributed by atoms with Gasteiger partial charge in [0, 0.05) is 24.8 Å². The highest BCUT2D eigenvalue weighted by Crippen LogP contribution is 2.26. The summed E-state index contributed by atoms with van der Waals surface area (Å²) in [6.07, 6.45) is 0. The van der Waals surface area contributed by atoms with Crippen molar-refractivity contribution in [3.8, 4) is 0 Å². The SMILES string of the molecule is CCN([C@@H](C)C(=O)c1c(C)c(C(=O)OC)n(C)c1C)S(=O)(=O)c1ccccc1. The van der Waals surface area contributed by atoms with Gasteiger partial charge < -0.3 is 9.30 Å². The lowest BCUT2D eigenvalue weighted by Crippen LogP contribution is -2.43. The van der Waals surface area contributed by atoms with Gasteiger partial charge in [0.15, 0.2) is 5.78 Å². The molecule has 8 heteroatoms. The van der Waals surface area contributed by atoms with Crippen LogP contribution >= 0.6 is 0 Å². The number of Topliss-reactive ketones (excluding diaryl/α,β-unsaturated/α-hetero) is 1. The Morgan fingerprint density at radius 3 is 2.25 bits per heavy atom. The third-order valence-electron chi connectivity index (χ3n) is 5.03. The van der Waals surface area contributed by atoms with E-state index in [2.05, 4.69) is 0 Å². The topological polar surface area (TPSA) is 85.7 Å². The van der Waals surface area contributed by atoms with E-state index < -0.39 is 22.0 Å². The predicted octanol–water partition coefficient (Wildman–Crippen LogP) is 2.71. The number of carbonyl (C=O) groups is 2. The van der Waals surface area contributed by atoms with Gasteiger partial charge in [-0.1, -0.05) is 25.1 Å². The van der Waals surface area contributed by atoms with Gasteiger partial charge in [-0.25, -0.2) is 13.2 Å². The number of rotatable bonds is 7. The van der Waals surface area contributed by atoms with Gasteiger partial charge in [-0.2, -0.15) is 4.31 Å². The van der Waals surface area contributed by atoms with E-state index in [0.29, 0.717) is 16.8 Å². The molecule has 0 aliphatic carbocycles. The zero-order valence-corrected chi connectivity index (χ0v) is 17.8. The average molecular weight is 407 g/mol. The van der Waals surface area contributed by atoms with E-state index in [-0.39, 0.29) is 22.9 Å². The maximum absolute atomic E-state index is 13.3. The van der Waals surface area contributed by atoms with Crippen molar-refractivity contribution in [3.63, 3.8) is 0 Å². The smallest absolute Gasteiger partial charge is 0.354 e. The lowest BCUT2D eigenvalue weighted by atomic mass is 10.0. The van der Waals surface area contributed by atoms with Crippen molar-refractivity contribution < 1.29 is 22.7 Å². The highest BCUT2D eigenvalue weighted by molar-refractivity contribution is 7.89. The Morgan fingerprint density at radius 2 is 1.75 bits per heavy atom. The van der Waals surface area contributed by atoms with Crippen LogP contribution in [0.15, 0.2) is 35.2 Å². The van der Waals surface area contributed by atoms with Crippen LogP contribution in [0, 0.1) is 13.8 Å². The number of hydrogen-bond donors (Lipinski definition) is 0. The molecule has 0 saturated heterocycles. The molecule has 0 unspecified atom stereocenters. The third kappa shape index (κ3) is 3.62. The van der Waals surface area contributed by atoms with Gasteiger partial charge in [0.25, 0.3) is 0 Å². The molecule has 152 valence electrons. The third-order valence-corrected chi connectivity index (χ3v) is 7.09. The Balaban J connectivity index is 2.51.